The normalized spacial score (nSPS) is 13.3. The molecule has 3 aromatic rings. The van der Waals surface area contributed by atoms with Crippen LogP contribution in [0.15, 0.2) is 66.7 Å². The van der Waals surface area contributed by atoms with Crippen molar-refractivity contribution in [3.05, 3.63) is 77.9 Å². The molecule has 10 heteroatoms. The molecule has 0 aliphatic rings. The molecule has 3 N–H and O–H groups in total. The van der Waals surface area contributed by atoms with E-state index in [2.05, 4.69) is 48.7 Å². The second kappa shape index (κ2) is 18.6. The lowest BCUT2D eigenvalue weighted by atomic mass is 9.97. The summed E-state index contributed by atoms with van der Waals surface area (Å²) >= 11 is 3.10. The van der Waals surface area contributed by atoms with E-state index < -0.39 is 12.0 Å². The highest BCUT2D eigenvalue weighted by molar-refractivity contribution is 7.99. The highest BCUT2D eigenvalue weighted by Gasteiger charge is 2.25. The molecule has 0 fully saturated rings. The van der Waals surface area contributed by atoms with Gasteiger partial charge in [-0.15, -0.1) is 11.8 Å². The largest absolute Gasteiger partial charge is 0.497 e. The lowest BCUT2D eigenvalue weighted by Crippen LogP contribution is -2.51. The van der Waals surface area contributed by atoms with Gasteiger partial charge in [0.05, 0.1) is 19.4 Å². The summed E-state index contributed by atoms with van der Waals surface area (Å²) < 4.78 is 5.22. The van der Waals surface area contributed by atoms with Crippen molar-refractivity contribution in [2.75, 3.05) is 38.0 Å². The predicted molar refractivity (Wildman–Crippen MR) is 182 cm³/mol. The van der Waals surface area contributed by atoms with E-state index in [1.54, 1.807) is 30.6 Å². The van der Waals surface area contributed by atoms with Gasteiger partial charge < -0.3 is 20.5 Å². The van der Waals surface area contributed by atoms with Crippen LogP contribution in [0.4, 0.5) is 0 Å². The van der Waals surface area contributed by atoms with E-state index in [9.17, 15) is 19.5 Å². The number of carbonyl (C=O) groups is 3. The number of carboxylic acid groups (broad SMARTS) is 1. The highest BCUT2D eigenvalue weighted by Crippen LogP contribution is 2.21. The molecule has 0 spiro atoms. The number of aliphatic carboxylic acids is 1. The van der Waals surface area contributed by atoms with Gasteiger partial charge in [0.1, 0.15) is 11.8 Å². The minimum atomic E-state index is -1.04. The summed E-state index contributed by atoms with van der Waals surface area (Å²) in [7, 11) is 1.64. The molecule has 44 heavy (non-hydrogen) atoms. The Morgan fingerprint density at radius 2 is 1.70 bits per heavy atom. The molecule has 0 heterocycles. The van der Waals surface area contributed by atoms with E-state index in [1.165, 1.54) is 0 Å². The van der Waals surface area contributed by atoms with Crippen LogP contribution in [0, 0.1) is 5.92 Å². The Morgan fingerprint density at radius 1 is 0.977 bits per heavy atom. The van der Waals surface area contributed by atoms with E-state index in [0.29, 0.717) is 36.8 Å². The zero-order valence-corrected chi connectivity index (χ0v) is 27.7. The first-order valence-electron chi connectivity index (χ1n) is 14.9. The first-order chi connectivity index (χ1) is 21.2. The summed E-state index contributed by atoms with van der Waals surface area (Å²) in [4.78, 5) is 40.2. The van der Waals surface area contributed by atoms with Crippen LogP contribution < -0.4 is 15.4 Å². The fraction of sp³-hybridized carbons (Fsp3) is 0.441. The third-order valence-electron chi connectivity index (χ3n) is 7.68. The van der Waals surface area contributed by atoms with Crippen molar-refractivity contribution >= 4 is 52.1 Å². The summed E-state index contributed by atoms with van der Waals surface area (Å²) in [6.07, 6.45) is 3.12. The number of methoxy groups -OCH3 is 1. The van der Waals surface area contributed by atoms with Crippen molar-refractivity contribution < 1.29 is 24.2 Å². The highest BCUT2D eigenvalue weighted by atomic mass is 32.2. The maximum atomic E-state index is 13.2. The molecule has 0 aliphatic carbocycles. The Balaban J connectivity index is 1.73. The number of nitrogens with zero attached hydrogens (tertiary/aromatic N) is 1. The minimum absolute atomic E-state index is 0.0152. The monoisotopic (exact) mass is 639 g/mol. The Hall–Kier alpha value is -3.21. The van der Waals surface area contributed by atoms with E-state index in [0.717, 1.165) is 34.1 Å². The summed E-state index contributed by atoms with van der Waals surface area (Å²) in [5, 5.41) is 17.8. The third kappa shape index (κ3) is 11.4. The number of carbonyl (C=O) groups excluding carboxylic acids is 2. The van der Waals surface area contributed by atoms with Gasteiger partial charge in [-0.25, -0.2) is 4.79 Å². The third-order valence-corrected chi connectivity index (χ3v) is 9.33. The standard InChI is InChI=1S/C34H45N3O5S2/c1-5-24(2)31(36-33(39)23-44-22-25-13-15-28(42-3)16-14-25)20-37(21-32(38)35-30(34(40)41)17-18-43-4)19-27-11-8-10-26-9-6-7-12-29(26)27/h6-16,24,30-31H,5,17-23H2,1-4H3,(H,35,38)(H,36,39)(H,40,41)/t24?,30-,31+/m0/s1. The van der Waals surface area contributed by atoms with E-state index in [4.69, 9.17) is 4.74 Å². The quantitative estimate of drug-likeness (QED) is 0.159. The van der Waals surface area contributed by atoms with E-state index in [-0.39, 0.29) is 30.3 Å². The molecule has 0 aromatic heterocycles. The van der Waals surface area contributed by atoms with Crippen LogP contribution in [-0.4, -0.2) is 77.8 Å². The van der Waals surface area contributed by atoms with Crippen molar-refractivity contribution in [2.45, 2.75) is 51.1 Å². The molecular weight excluding hydrogens is 595 g/mol. The number of hydrogen-bond donors (Lipinski definition) is 3. The Bertz CT molecular complexity index is 1350. The molecule has 0 saturated heterocycles. The number of fused-ring (bicyclic) bond motifs is 1. The molecule has 0 radical (unpaired) electrons. The second-order valence-corrected chi connectivity index (χ2v) is 12.9. The lowest BCUT2D eigenvalue weighted by Gasteiger charge is -2.31. The van der Waals surface area contributed by atoms with Gasteiger partial charge in [0.25, 0.3) is 0 Å². The first kappa shape index (κ1) is 35.3. The van der Waals surface area contributed by atoms with Crippen LogP contribution in [-0.2, 0) is 26.7 Å². The Morgan fingerprint density at radius 3 is 2.39 bits per heavy atom. The van der Waals surface area contributed by atoms with Crippen molar-refractivity contribution in [1.82, 2.24) is 15.5 Å². The summed E-state index contributed by atoms with van der Waals surface area (Å²) in [6, 6.07) is 20.9. The van der Waals surface area contributed by atoms with Gasteiger partial charge in [-0.1, -0.05) is 74.9 Å². The molecule has 3 aromatic carbocycles. The predicted octanol–water partition coefficient (Wildman–Crippen LogP) is 5.44. The number of amides is 2. The number of ether oxygens (including phenoxy) is 1. The van der Waals surface area contributed by atoms with Crippen molar-refractivity contribution in [2.24, 2.45) is 5.92 Å². The van der Waals surface area contributed by atoms with Crippen LogP contribution in [0.25, 0.3) is 10.8 Å². The first-order valence-corrected chi connectivity index (χ1v) is 17.5. The molecule has 8 nitrogen and oxygen atoms in total. The average Bonchev–Trinajstić information content (AvgIpc) is 3.02. The van der Waals surface area contributed by atoms with E-state index in [1.807, 2.05) is 53.6 Å². The van der Waals surface area contributed by atoms with Gasteiger partial charge in [0, 0.05) is 24.9 Å². The minimum Gasteiger partial charge on any atom is -0.497 e. The Kier molecular flexibility index (Phi) is 14.9. The SMILES string of the molecule is CCC(C)[C@@H](CN(CC(=O)N[C@@H](CCSC)C(=O)O)Cc1cccc2ccccc12)NC(=O)CSCc1ccc(OC)cc1. The summed E-state index contributed by atoms with van der Waals surface area (Å²) in [6.45, 7) is 5.14. The lowest BCUT2D eigenvalue weighted by molar-refractivity contribution is -0.142. The van der Waals surface area contributed by atoms with Crippen LogP contribution in [0.3, 0.4) is 0 Å². The topological polar surface area (TPSA) is 108 Å². The molecule has 0 aliphatic heterocycles. The smallest absolute Gasteiger partial charge is 0.326 e. The number of benzene rings is 3. The molecule has 3 atom stereocenters. The molecule has 238 valence electrons. The van der Waals surface area contributed by atoms with Gasteiger partial charge in [-0.05, 0) is 58.4 Å². The fourth-order valence-corrected chi connectivity index (χ4v) is 6.23. The van der Waals surface area contributed by atoms with Gasteiger partial charge in [0.2, 0.25) is 11.8 Å². The maximum Gasteiger partial charge on any atom is 0.326 e. The number of carboxylic acids is 1. The molecule has 0 saturated carbocycles. The Labute approximate surface area is 269 Å². The molecule has 1 unspecified atom stereocenters. The molecule has 0 bridgehead atoms. The number of nitrogens with one attached hydrogen (secondary N) is 2. The molecule has 3 rings (SSSR count). The molecule has 2 amide bonds. The van der Waals surface area contributed by atoms with Gasteiger partial charge in [0.15, 0.2) is 0 Å². The van der Waals surface area contributed by atoms with Crippen LogP contribution in [0.1, 0.15) is 37.8 Å². The van der Waals surface area contributed by atoms with Gasteiger partial charge in [-0.3, -0.25) is 14.5 Å². The number of thioether (sulfide) groups is 2. The van der Waals surface area contributed by atoms with Gasteiger partial charge >= 0.3 is 5.97 Å². The second-order valence-electron chi connectivity index (χ2n) is 10.9. The van der Waals surface area contributed by atoms with Crippen molar-refractivity contribution in [3.8, 4) is 5.75 Å². The number of rotatable bonds is 19. The summed E-state index contributed by atoms with van der Waals surface area (Å²) in [5.41, 5.74) is 2.18. The fourth-order valence-electron chi connectivity index (χ4n) is 4.95. The summed E-state index contributed by atoms with van der Waals surface area (Å²) in [5.74, 6) is 1.19. The van der Waals surface area contributed by atoms with Crippen molar-refractivity contribution in [1.29, 1.82) is 0 Å². The number of hydrogen-bond acceptors (Lipinski definition) is 7. The average molecular weight is 640 g/mol. The van der Waals surface area contributed by atoms with Crippen LogP contribution in [0.5, 0.6) is 5.75 Å². The maximum absolute atomic E-state index is 13.2. The van der Waals surface area contributed by atoms with Crippen molar-refractivity contribution in [3.63, 3.8) is 0 Å². The van der Waals surface area contributed by atoms with Crippen LogP contribution in [0.2, 0.25) is 0 Å². The zero-order chi connectivity index (χ0) is 31.9. The van der Waals surface area contributed by atoms with Crippen LogP contribution >= 0.6 is 23.5 Å². The molecular formula is C34H45N3O5S2. The van der Waals surface area contributed by atoms with E-state index >= 15 is 0 Å². The zero-order valence-electron chi connectivity index (χ0n) is 26.1. The van der Waals surface area contributed by atoms with Gasteiger partial charge in [-0.2, -0.15) is 11.8 Å².